The second-order valence-corrected chi connectivity index (χ2v) is 7.18. The largest absolute Gasteiger partial charge is 0.746 e. The Hall–Kier alpha value is -0.170. The van der Waals surface area contributed by atoms with Gasteiger partial charge in [0.25, 0.3) is 0 Å². The molecule has 0 aromatic heterocycles. The molecule has 0 saturated carbocycles. The Balaban J connectivity index is 0.000000388. The molecule has 122 valence electrons. The molecule has 1 aliphatic rings. The zero-order valence-electron chi connectivity index (χ0n) is 13.4. The molecule has 5 nitrogen and oxygen atoms in total. The highest BCUT2D eigenvalue weighted by molar-refractivity contribution is 7.86. The third kappa shape index (κ3) is 8.19. The molecule has 1 aliphatic heterocycles. The van der Waals surface area contributed by atoms with Crippen molar-refractivity contribution in [3.63, 3.8) is 0 Å². The Morgan fingerprint density at radius 2 is 1.70 bits per heavy atom. The number of nitrogens with zero attached hydrogens (tertiary/aromatic N) is 1. The van der Waals surface area contributed by atoms with Gasteiger partial charge in [-0.15, -0.1) is 0 Å². The van der Waals surface area contributed by atoms with E-state index in [4.69, 9.17) is 4.74 Å². The maximum Gasteiger partial charge on any atom is 0.147 e. The van der Waals surface area contributed by atoms with Gasteiger partial charge in [-0.1, -0.05) is 20.3 Å². The third-order valence-corrected chi connectivity index (χ3v) is 4.78. The summed E-state index contributed by atoms with van der Waals surface area (Å²) in [5.74, 6) is 0. The van der Waals surface area contributed by atoms with Crippen molar-refractivity contribution in [1.29, 1.82) is 0 Å². The highest BCUT2D eigenvalue weighted by Crippen LogP contribution is 2.14. The zero-order chi connectivity index (χ0) is 15.6. The zero-order valence-corrected chi connectivity index (χ0v) is 14.2. The van der Waals surface area contributed by atoms with Crippen LogP contribution in [0.5, 0.6) is 0 Å². The van der Waals surface area contributed by atoms with Gasteiger partial charge in [0.1, 0.15) is 15.6 Å². The van der Waals surface area contributed by atoms with Crippen LogP contribution in [-0.4, -0.2) is 56.2 Å². The van der Waals surface area contributed by atoms with E-state index in [9.17, 15) is 13.0 Å². The smallest absolute Gasteiger partial charge is 0.147 e. The van der Waals surface area contributed by atoms with Crippen molar-refractivity contribution >= 4 is 10.1 Å². The lowest BCUT2D eigenvalue weighted by Gasteiger charge is -2.26. The van der Waals surface area contributed by atoms with Gasteiger partial charge in [0.05, 0.1) is 26.7 Å². The van der Waals surface area contributed by atoms with Gasteiger partial charge in [0.2, 0.25) is 0 Å². The number of hydrogen-bond acceptors (Lipinski definition) is 4. The summed E-state index contributed by atoms with van der Waals surface area (Å²) in [5, 5.41) is 0. The van der Waals surface area contributed by atoms with Gasteiger partial charge >= 0.3 is 0 Å². The fraction of sp³-hybridized carbons (Fsp3) is 1.00. The summed E-state index contributed by atoms with van der Waals surface area (Å²) in [6.07, 6.45) is 4.53. The fourth-order valence-electron chi connectivity index (χ4n) is 2.21. The normalized spacial score (nSPS) is 19.2. The minimum atomic E-state index is -4.27. The van der Waals surface area contributed by atoms with Crippen LogP contribution >= 0.6 is 0 Å². The molecule has 1 heterocycles. The SMILES string of the molecule is CCCOC(CCC)S(=O)(=O)[O-].CC[N+]1(C)CCCC1. The van der Waals surface area contributed by atoms with E-state index >= 15 is 0 Å². The Bertz CT molecular complexity index is 337. The topological polar surface area (TPSA) is 66.4 Å². The van der Waals surface area contributed by atoms with Crippen molar-refractivity contribution in [2.24, 2.45) is 0 Å². The van der Waals surface area contributed by atoms with Crippen LogP contribution in [0.25, 0.3) is 0 Å². The highest BCUT2D eigenvalue weighted by Gasteiger charge is 2.23. The van der Waals surface area contributed by atoms with E-state index in [0.29, 0.717) is 13.0 Å². The molecule has 0 aromatic rings. The van der Waals surface area contributed by atoms with Crippen LogP contribution in [-0.2, 0) is 14.9 Å². The Morgan fingerprint density at radius 1 is 1.15 bits per heavy atom. The summed E-state index contributed by atoms with van der Waals surface area (Å²) in [7, 11) is -1.92. The van der Waals surface area contributed by atoms with Crippen molar-refractivity contribution in [2.45, 2.75) is 58.3 Å². The quantitative estimate of drug-likeness (QED) is 0.535. The Kier molecular flexibility index (Phi) is 9.63. The lowest BCUT2D eigenvalue weighted by atomic mass is 10.3. The van der Waals surface area contributed by atoms with Crippen molar-refractivity contribution in [3.8, 4) is 0 Å². The average Bonchev–Trinajstić information content (AvgIpc) is 2.82. The molecule has 20 heavy (non-hydrogen) atoms. The van der Waals surface area contributed by atoms with Gasteiger partial charge in [-0.25, -0.2) is 8.42 Å². The predicted octanol–water partition coefficient (Wildman–Crippen LogP) is 2.33. The van der Waals surface area contributed by atoms with Gasteiger partial charge in [0.15, 0.2) is 0 Å². The standard InChI is InChI=1S/C7H16N.C7H16O4S/c1-3-8(2)6-4-5-7-8;1-3-5-7(11-6-4-2)12(8,9)10/h3-7H2,1-2H3;7H,3-6H2,1-2H3,(H,8,9,10)/q+1;/p-1. The predicted molar refractivity (Wildman–Crippen MR) is 80.3 cm³/mol. The van der Waals surface area contributed by atoms with Gasteiger partial charge in [-0.3, -0.25) is 0 Å². The van der Waals surface area contributed by atoms with Gasteiger partial charge in [-0.2, -0.15) is 0 Å². The fourth-order valence-corrected chi connectivity index (χ4v) is 3.00. The van der Waals surface area contributed by atoms with Crippen LogP contribution in [0.2, 0.25) is 0 Å². The van der Waals surface area contributed by atoms with Crippen LogP contribution in [0.4, 0.5) is 0 Å². The molecule has 0 N–H and O–H groups in total. The first kappa shape index (κ1) is 19.8. The van der Waals surface area contributed by atoms with E-state index in [1.54, 1.807) is 0 Å². The van der Waals surface area contributed by atoms with Crippen molar-refractivity contribution < 1.29 is 22.2 Å². The number of likely N-dealkylation sites (tertiary alicyclic amines) is 1. The average molecular weight is 309 g/mol. The second kappa shape index (κ2) is 9.71. The van der Waals surface area contributed by atoms with Crippen LogP contribution in [0, 0.1) is 0 Å². The van der Waals surface area contributed by atoms with Gasteiger partial charge < -0.3 is 13.8 Å². The summed E-state index contributed by atoms with van der Waals surface area (Å²) in [5.41, 5.74) is -1.15. The van der Waals surface area contributed by atoms with E-state index in [1.807, 2.05) is 13.8 Å². The molecule has 1 rings (SSSR count). The number of rotatable bonds is 7. The van der Waals surface area contributed by atoms with E-state index in [1.165, 1.54) is 37.0 Å². The van der Waals surface area contributed by atoms with Crippen LogP contribution in [0.3, 0.4) is 0 Å². The molecule has 0 aromatic carbocycles. The molecule has 0 bridgehead atoms. The van der Waals surface area contributed by atoms with Crippen LogP contribution in [0.1, 0.15) is 52.9 Å². The van der Waals surface area contributed by atoms with Gasteiger partial charge in [0, 0.05) is 19.4 Å². The second-order valence-electron chi connectivity index (χ2n) is 5.67. The molecule has 0 spiro atoms. The van der Waals surface area contributed by atoms with E-state index < -0.39 is 15.6 Å². The lowest BCUT2D eigenvalue weighted by Crippen LogP contribution is -2.40. The highest BCUT2D eigenvalue weighted by atomic mass is 32.2. The van der Waals surface area contributed by atoms with Crippen molar-refractivity contribution in [2.75, 3.05) is 33.3 Å². The molecule has 6 heteroatoms. The first-order valence-corrected chi connectivity index (χ1v) is 9.16. The summed E-state index contributed by atoms with van der Waals surface area (Å²) >= 11 is 0. The van der Waals surface area contributed by atoms with Crippen molar-refractivity contribution in [3.05, 3.63) is 0 Å². The van der Waals surface area contributed by atoms with Crippen LogP contribution < -0.4 is 0 Å². The number of ether oxygens (including phenoxy) is 1. The minimum absolute atomic E-state index is 0.284. The maximum absolute atomic E-state index is 10.5. The third-order valence-electron chi connectivity index (χ3n) is 3.76. The monoisotopic (exact) mass is 309 g/mol. The van der Waals surface area contributed by atoms with E-state index in [-0.39, 0.29) is 6.42 Å². The first-order chi connectivity index (χ1) is 9.29. The Labute approximate surface area is 124 Å². The van der Waals surface area contributed by atoms with E-state index in [2.05, 4.69) is 14.0 Å². The summed E-state index contributed by atoms with van der Waals surface area (Å²) in [6, 6.07) is 0. The molecule has 0 amide bonds. The molecular weight excluding hydrogens is 278 g/mol. The van der Waals surface area contributed by atoms with Crippen LogP contribution in [0.15, 0.2) is 0 Å². The number of hydrogen-bond donors (Lipinski definition) is 0. The summed E-state index contributed by atoms with van der Waals surface area (Å²) in [6.45, 7) is 10.4. The Morgan fingerprint density at radius 3 is 2.00 bits per heavy atom. The summed E-state index contributed by atoms with van der Waals surface area (Å²) < 4.78 is 37.9. The molecule has 0 aliphatic carbocycles. The van der Waals surface area contributed by atoms with Gasteiger partial charge in [-0.05, 0) is 19.8 Å². The lowest BCUT2D eigenvalue weighted by molar-refractivity contribution is -0.895. The molecule has 1 unspecified atom stereocenters. The molecule has 1 fully saturated rings. The minimum Gasteiger partial charge on any atom is -0.746 e. The molecule has 0 radical (unpaired) electrons. The molecule has 1 saturated heterocycles. The number of quaternary nitrogens is 1. The van der Waals surface area contributed by atoms with E-state index in [0.717, 1.165) is 6.42 Å². The maximum atomic E-state index is 10.5. The molecular formula is C14H31NO4S. The first-order valence-electron chi connectivity index (χ1n) is 7.69. The molecule has 1 atom stereocenters. The summed E-state index contributed by atoms with van der Waals surface area (Å²) in [4.78, 5) is 0. The van der Waals surface area contributed by atoms with Crippen molar-refractivity contribution in [1.82, 2.24) is 0 Å².